The van der Waals surface area contributed by atoms with Gasteiger partial charge in [0.1, 0.15) is 5.60 Å². The van der Waals surface area contributed by atoms with E-state index in [-0.39, 0.29) is 30.4 Å². The summed E-state index contributed by atoms with van der Waals surface area (Å²) < 4.78 is 6.30. The first-order valence-electron chi connectivity index (χ1n) is 8.50. The van der Waals surface area contributed by atoms with E-state index in [0.29, 0.717) is 0 Å². The van der Waals surface area contributed by atoms with Gasteiger partial charge >= 0.3 is 0 Å². The summed E-state index contributed by atoms with van der Waals surface area (Å²) in [5, 5.41) is 5.79. The van der Waals surface area contributed by atoms with E-state index in [1.165, 1.54) is 63.3 Å². The van der Waals surface area contributed by atoms with E-state index in [1.807, 2.05) is 11.3 Å². The zero-order chi connectivity index (χ0) is 14.1. The Morgan fingerprint density at radius 2 is 2.13 bits per heavy atom. The van der Waals surface area contributed by atoms with Gasteiger partial charge in [0.25, 0.3) is 0 Å². The summed E-state index contributed by atoms with van der Waals surface area (Å²) in [6, 6.07) is 2.31. The van der Waals surface area contributed by atoms with Crippen LogP contribution in [0.1, 0.15) is 36.1 Å². The summed E-state index contributed by atoms with van der Waals surface area (Å²) in [7, 11) is 0. The average molecular weight is 379 g/mol. The lowest BCUT2D eigenvalue weighted by Crippen LogP contribution is -2.48. The Labute approximate surface area is 156 Å². The molecule has 1 atom stereocenters. The third-order valence-electron chi connectivity index (χ3n) is 5.49. The topological polar surface area (TPSA) is 24.5 Å². The molecule has 4 heterocycles. The predicted octanol–water partition coefficient (Wildman–Crippen LogP) is 3.46. The van der Waals surface area contributed by atoms with E-state index in [2.05, 4.69) is 21.7 Å². The molecule has 1 N–H and O–H groups in total. The standard InChI is InChI=1S/C17H26N2OS.2ClH/c1-2-14(12-18-7-1)13-19-8-5-17(6-9-19)16-15(3-10-20-17)4-11-21-16;;/h4,11,14,18H,1-3,5-10,12-13H2;2*1H. The van der Waals surface area contributed by atoms with Gasteiger partial charge in [0.15, 0.2) is 0 Å². The molecule has 0 saturated carbocycles. The maximum Gasteiger partial charge on any atom is 0.105 e. The average Bonchev–Trinajstić information content (AvgIpc) is 3.01. The van der Waals surface area contributed by atoms with Gasteiger partial charge < -0.3 is 15.0 Å². The molecule has 3 aliphatic rings. The van der Waals surface area contributed by atoms with Crippen molar-refractivity contribution in [1.82, 2.24) is 10.2 Å². The van der Waals surface area contributed by atoms with E-state index >= 15 is 0 Å². The maximum absolute atomic E-state index is 6.30. The number of thiophene rings is 1. The van der Waals surface area contributed by atoms with Crippen LogP contribution in [-0.2, 0) is 16.8 Å². The fourth-order valence-corrected chi connectivity index (χ4v) is 5.44. The molecule has 1 unspecified atom stereocenters. The Balaban J connectivity index is 0.000000960. The van der Waals surface area contributed by atoms with Crippen LogP contribution in [-0.4, -0.2) is 44.2 Å². The van der Waals surface area contributed by atoms with E-state index in [0.717, 1.165) is 18.9 Å². The number of hydrogen-bond acceptors (Lipinski definition) is 4. The van der Waals surface area contributed by atoms with Crippen LogP contribution in [0.25, 0.3) is 0 Å². The first kappa shape index (κ1) is 19.5. The third kappa shape index (κ3) is 4.05. The second kappa shape index (κ2) is 8.50. The molecule has 4 rings (SSSR count). The van der Waals surface area contributed by atoms with Gasteiger partial charge in [-0.2, -0.15) is 0 Å². The Hall–Kier alpha value is 0.160. The second-order valence-electron chi connectivity index (χ2n) is 6.88. The molecule has 2 saturated heterocycles. The minimum absolute atomic E-state index is 0. The van der Waals surface area contributed by atoms with Crippen molar-refractivity contribution in [2.75, 3.05) is 39.3 Å². The van der Waals surface area contributed by atoms with Crippen molar-refractivity contribution in [2.45, 2.75) is 37.7 Å². The van der Waals surface area contributed by atoms with Crippen molar-refractivity contribution in [3.05, 3.63) is 21.9 Å². The van der Waals surface area contributed by atoms with Gasteiger partial charge in [0, 0.05) is 24.5 Å². The van der Waals surface area contributed by atoms with Gasteiger partial charge in [-0.25, -0.2) is 0 Å². The molecule has 3 aliphatic heterocycles. The van der Waals surface area contributed by atoms with Crippen LogP contribution in [0.5, 0.6) is 0 Å². The molecule has 1 spiro atoms. The SMILES string of the molecule is Cl.Cl.c1cc2c(s1)C1(CCN(CC3CCCNC3)CC1)OCC2. The van der Waals surface area contributed by atoms with Crippen molar-refractivity contribution < 1.29 is 4.74 Å². The molecule has 0 amide bonds. The predicted molar refractivity (Wildman–Crippen MR) is 101 cm³/mol. The Kier molecular flexibility index (Phi) is 7.20. The van der Waals surface area contributed by atoms with Crippen LogP contribution in [0.15, 0.2) is 11.4 Å². The number of likely N-dealkylation sites (tertiary alicyclic amines) is 1. The number of nitrogens with one attached hydrogen (secondary N) is 1. The van der Waals surface area contributed by atoms with Crippen molar-refractivity contribution in [1.29, 1.82) is 0 Å². The summed E-state index contributed by atoms with van der Waals surface area (Å²) in [5.74, 6) is 0.859. The van der Waals surface area contributed by atoms with Crippen molar-refractivity contribution >= 4 is 36.2 Å². The molecule has 23 heavy (non-hydrogen) atoms. The van der Waals surface area contributed by atoms with E-state index in [4.69, 9.17) is 4.74 Å². The van der Waals surface area contributed by atoms with Crippen LogP contribution < -0.4 is 5.32 Å². The smallest absolute Gasteiger partial charge is 0.105 e. The van der Waals surface area contributed by atoms with Crippen LogP contribution in [0.3, 0.4) is 0 Å². The molecular formula is C17H28Cl2N2OS. The lowest BCUT2D eigenvalue weighted by Gasteiger charge is -2.44. The molecule has 1 aromatic rings. The van der Waals surface area contributed by atoms with Crippen molar-refractivity contribution in [3.63, 3.8) is 0 Å². The van der Waals surface area contributed by atoms with Gasteiger partial charge in [-0.05, 0) is 68.1 Å². The van der Waals surface area contributed by atoms with Gasteiger partial charge in [-0.3, -0.25) is 0 Å². The molecule has 6 heteroatoms. The fraction of sp³-hybridized carbons (Fsp3) is 0.765. The lowest BCUT2D eigenvalue weighted by atomic mass is 9.85. The lowest BCUT2D eigenvalue weighted by molar-refractivity contribution is -0.0965. The number of halogens is 2. The largest absolute Gasteiger partial charge is 0.369 e. The van der Waals surface area contributed by atoms with Crippen LogP contribution in [0.2, 0.25) is 0 Å². The van der Waals surface area contributed by atoms with E-state index < -0.39 is 0 Å². The van der Waals surface area contributed by atoms with Crippen LogP contribution in [0, 0.1) is 5.92 Å². The third-order valence-corrected chi connectivity index (χ3v) is 6.63. The van der Waals surface area contributed by atoms with Gasteiger partial charge in [-0.15, -0.1) is 36.2 Å². The van der Waals surface area contributed by atoms with Gasteiger partial charge in [0.2, 0.25) is 0 Å². The number of hydrogen-bond donors (Lipinski definition) is 1. The second-order valence-corrected chi connectivity index (χ2v) is 7.80. The number of nitrogens with zero attached hydrogens (tertiary/aromatic N) is 1. The normalized spacial score (nSPS) is 26.9. The molecule has 1 aromatic heterocycles. The molecule has 0 bridgehead atoms. The maximum atomic E-state index is 6.30. The molecular weight excluding hydrogens is 351 g/mol. The minimum Gasteiger partial charge on any atom is -0.369 e. The minimum atomic E-state index is 0. The molecule has 2 fully saturated rings. The first-order chi connectivity index (χ1) is 10.4. The van der Waals surface area contributed by atoms with E-state index in [9.17, 15) is 0 Å². The summed E-state index contributed by atoms with van der Waals surface area (Å²) in [5.41, 5.74) is 1.61. The Bertz CT molecular complexity index is 483. The fourth-order valence-electron chi connectivity index (χ4n) is 4.27. The summed E-state index contributed by atoms with van der Waals surface area (Å²) in [6.07, 6.45) is 6.23. The first-order valence-corrected chi connectivity index (χ1v) is 9.38. The highest BCUT2D eigenvalue weighted by atomic mass is 35.5. The number of fused-ring (bicyclic) bond motifs is 2. The highest BCUT2D eigenvalue weighted by Gasteiger charge is 2.41. The number of piperidine rings is 2. The van der Waals surface area contributed by atoms with Gasteiger partial charge in [-0.1, -0.05) is 0 Å². The molecule has 0 aromatic carbocycles. The zero-order valence-electron chi connectivity index (χ0n) is 13.6. The molecule has 132 valence electrons. The van der Waals surface area contributed by atoms with Gasteiger partial charge in [0.05, 0.1) is 6.61 Å². The summed E-state index contributed by atoms with van der Waals surface area (Å²) in [4.78, 5) is 4.21. The van der Waals surface area contributed by atoms with Crippen molar-refractivity contribution in [2.24, 2.45) is 5.92 Å². The monoisotopic (exact) mass is 378 g/mol. The summed E-state index contributed by atoms with van der Waals surface area (Å²) in [6.45, 7) is 7.03. The zero-order valence-corrected chi connectivity index (χ0v) is 16.0. The number of rotatable bonds is 2. The quantitative estimate of drug-likeness (QED) is 0.852. The van der Waals surface area contributed by atoms with Crippen LogP contribution >= 0.6 is 36.2 Å². The molecule has 0 radical (unpaired) electrons. The highest BCUT2D eigenvalue weighted by molar-refractivity contribution is 7.10. The Morgan fingerprint density at radius 3 is 2.87 bits per heavy atom. The van der Waals surface area contributed by atoms with E-state index in [1.54, 1.807) is 5.56 Å². The molecule has 3 nitrogen and oxygen atoms in total. The van der Waals surface area contributed by atoms with Crippen LogP contribution in [0.4, 0.5) is 0 Å². The van der Waals surface area contributed by atoms with Crippen molar-refractivity contribution in [3.8, 4) is 0 Å². The molecule has 0 aliphatic carbocycles. The Morgan fingerprint density at radius 1 is 1.30 bits per heavy atom. The summed E-state index contributed by atoms with van der Waals surface area (Å²) >= 11 is 1.91. The number of ether oxygens (including phenoxy) is 1. The highest BCUT2D eigenvalue weighted by Crippen LogP contribution is 2.44.